The molecule has 2 bridgehead atoms. The normalized spacial score (nSPS) is 38.6. The minimum Gasteiger partial charge on any atom is -0.387 e. The Kier molecular flexibility index (Phi) is 3.91. The summed E-state index contributed by atoms with van der Waals surface area (Å²) in [5, 5.41) is 17.2. The summed E-state index contributed by atoms with van der Waals surface area (Å²) in [6.07, 6.45) is -0.647. The third-order valence-electron chi connectivity index (χ3n) is 7.76. The van der Waals surface area contributed by atoms with Crippen LogP contribution in [0.4, 0.5) is 13.6 Å². The van der Waals surface area contributed by atoms with E-state index < -0.39 is 35.1 Å². The second kappa shape index (κ2) is 5.98. The number of nitrogens with one attached hydrogen (secondary N) is 2. The number of aryl methyl sites for hydroxylation is 1. The fraction of sp³-hybridized carbons (Fsp3) is 0.619. The number of aliphatic hydroxyl groups is 1. The third kappa shape index (κ3) is 2.45. The van der Waals surface area contributed by atoms with Crippen molar-refractivity contribution in [2.75, 3.05) is 13.1 Å². The molecule has 4 aliphatic rings. The monoisotopic (exact) mass is 405 g/mol. The number of nitrogens with zero attached hydrogens (tertiary/aromatic N) is 1. The van der Waals surface area contributed by atoms with Crippen molar-refractivity contribution in [1.82, 2.24) is 15.5 Å². The van der Waals surface area contributed by atoms with Gasteiger partial charge in [0.05, 0.1) is 12.1 Å². The van der Waals surface area contributed by atoms with Crippen LogP contribution in [0, 0.1) is 6.92 Å². The van der Waals surface area contributed by atoms with Crippen LogP contribution in [0.3, 0.4) is 0 Å². The lowest BCUT2D eigenvalue weighted by atomic mass is 9.46. The number of fused-ring (bicyclic) bond motifs is 1. The number of imide groups is 1. The molecule has 2 saturated heterocycles. The minimum absolute atomic E-state index is 0.276. The van der Waals surface area contributed by atoms with Gasteiger partial charge in [0.2, 0.25) is 0 Å². The molecule has 1 saturated carbocycles. The molecule has 3 N–H and O–H groups in total. The van der Waals surface area contributed by atoms with Crippen LogP contribution in [0.2, 0.25) is 0 Å². The summed E-state index contributed by atoms with van der Waals surface area (Å²) in [7, 11) is 0. The predicted molar refractivity (Wildman–Crippen MR) is 101 cm³/mol. The number of hydrogen-bond donors (Lipinski definition) is 3. The highest BCUT2D eigenvalue weighted by atomic mass is 19.3. The van der Waals surface area contributed by atoms with E-state index in [1.54, 1.807) is 4.90 Å². The average Bonchev–Trinajstić information content (AvgIpc) is 2.91. The molecule has 156 valence electrons. The van der Waals surface area contributed by atoms with Crippen molar-refractivity contribution < 1.29 is 23.5 Å². The number of halogens is 2. The summed E-state index contributed by atoms with van der Waals surface area (Å²) in [5.41, 5.74) is 0.0421. The van der Waals surface area contributed by atoms with Crippen molar-refractivity contribution in [1.29, 1.82) is 0 Å². The van der Waals surface area contributed by atoms with Crippen LogP contribution < -0.4 is 10.6 Å². The molecule has 4 atom stereocenters. The lowest BCUT2D eigenvalue weighted by Gasteiger charge is -2.65. The molecule has 6 nitrogen and oxygen atoms in total. The zero-order chi connectivity index (χ0) is 20.6. The van der Waals surface area contributed by atoms with Crippen molar-refractivity contribution in [3.8, 4) is 0 Å². The Hall–Kier alpha value is -2.06. The Bertz CT molecular complexity index is 909. The number of alkyl halides is 2. The molecule has 2 aliphatic carbocycles. The molecule has 29 heavy (non-hydrogen) atoms. The molecule has 8 heteroatoms. The smallest absolute Gasteiger partial charge is 0.322 e. The van der Waals surface area contributed by atoms with Gasteiger partial charge in [0, 0.05) is 11.5 Å². The van der Waals surface area contributed by atoms with Crippen molar-refractivity contribution >= 4 is 11.9 Å². The molecule has 1 aromatic rings. The summed E-state index contributed by atoms with van der Waals surface area (Å²) in [6, 6.07) is 5.13. The van der Waals surface area contributed by atoms with E-state index in [0.717, 1.165) is 16.7 Å². The highest BCUT2D eigenvalue weighted by Crippen LogP contribution is 2.60. The number of amides is 3. The first-order valence-electron chi connectivity index (χ1n) is 10.2. The number of likely N-dealkylation sites (tertiary alicyclic amines) is 1. The molecule has 0 radical (unpaired) electrons. The molecule has 1 spiro atoms. The van der Waals surface area contributed by atoms with Gasteiger partial charge in [-0.15, -0.1) is 0 Å². The largest absolute Gasteiger partial charge is 0.387 e. The fourth-order valence-corrected chi connectivity index (χ4v) is 6.49. The summed E-state index contributed by atoms with van der Waals surface area (Å²) in [5.74, 6) is -0.356. The van der Waals surface area contributed by atoms with E-state index in [4.69, 9.17) is 0 Å². The first-order chi connectivity index (χ1) is 13.7. The zero-order valence-electron chi connectivity index (χ0n) is 16.3. The fourth-order valence-electron chi connectivity index (χ4n) is 6.49. The van der Waals surface area contributed by atoms with Gasteiger partial charge in [-0.3, -0.25) is 15.0 Å². The van der Waals surface area contributed by atoms with E-state index in [9.17, 15) is 23.5 Å². The molecule has 0 unspecified atom stereocenters. The van der Waals surface area contributed by atoms with Gasteiger partial charge in [-0.25, -0.2) is 13.6 Å². The van der Waals surface area contributed by atoms with E-state index >= 15 is 0 Å². The van der Waals surface area contributed by atoms with Crippen LogP contribution in [0.1, 0.15) is 42.4 Å². The number of carbonyl (C=O) groups is 2. The lowest BCUT2D eigenvalue weighted by molar-refractivity contribution is -0.184. The van der Waals surface area contributed by atoms with Crippen molar-refractivity contribution in [3.63, 3.8) is 0 Å². The molecule has 1 aromatic carbocycles. The first-order valence-corrected chi connectivity index (χ1v) is 10.2. The summed E-state index contributed by atoms with van der Waals surface area (Å²) < 4.78 is 26.5. The van der Waals surface area contributed by atoms with Crippen LogP contribution in [0.15, 0.2) is 18.2 Å². The van der Waals surface area contributed by atoms with Gasteiger partial charge in [-0.2, -0.15) is 0 Å². The highest BCUT2D eigenvalue weighted by molar-refractivity contribution is 6.07. The quantitative estimate of drug-likeness (QED) is 0.654. The standard InChI is InChI=1S/C21H25F2N3O3/c1-12-2-3-13-9-15-21(29)5-4-20(17(27)24-18(28)25-20)11-19(21,14(13)8-12)6-7-26(15)10-16(22)23/h2-3,8,15-16,29H,4-7,9-11H2,1H3,(H2,24,25,27,28)/t15-,19-,20+,21-/m1/s1. The van der Waals surface area contributed by atoms with E-state index in [2.05, 4.69) is 16.7 Å². The van der Waals surface area contributed by atoms with Gasteiger partial charge in [0.25, 0.3) is 12.3 Å². The van der Waals surface area contributed by atoms with E-state index in [-0.39, 0.29) is 25.3 Å². The maximum atomic E-state index is 13.3. The average molecular weight is 405 g/mol. The molecule has 0 aromatic heterocycles. The first kappa shape index (κ1) is 18.9. The summed E-state index contributed by atoms with van der Waals surface area (Å²) >= 11 is 0. The van der Waals surface area contributed by atoms with Gasteiger partial charge >= 0.3 is 6.03 Å². The molecule has 3 fully saturated rings. The van der Waals surface area contributed by atoms with E-state index in [1.807, 2.05) is 19.1 Å². The van der Waals surface area contributed by atoms with Crippen LogP contribution in [-0.2, 0) is 16.6 Å². The van der Waals surface area contributed by atoms with Gasteiger partial charge < -0.3 is 10.4 Å². The van der Waals surface area contributed by atoms with Crippen LogP contribution in [0.5, 0.6) is 0 Å². The van der Waals surface area contributed by atoms with Crippen LogP contribution in [0.25, 0.3) is 0 Å². The number of urea groups is 1. The Morgan fingerprint density at radius 1 is 1.28 bits per heavy atom. The van der Waals surface area contributed by atoms with Gasteiger partial charge in [-0.05, 0) is 56.7 Å². The third-order valence-corrected chi connectivity index (χ3v) is 7.76. The topological polar surface area (TPSA) is 81.7 Å². The van der Waals surface area contributed by atoms with Crippen molar-refractivity contribution in [2.45, 2.75) is 68.1 Å². The van der Waals surface area contributed by atoms with E-state index in [1.165, 1.54) is 0 Å². The second-order valence-corrected chi connectivity index (χ2v) is 9.19. The molecular weight excluding hydrogens is 380 g/mol. The molecule has 5 rings (SSSR count). The Balaban J connectivity index is 1.66. The lowest BCUT2D eigenvalue weighted by Crippen LogP contribution is -2.76. The summed E-state index contributed by atoms with van der Waals surface area (Å²) in [6.45, 7) is 2.04. The molecular formula is C21H25F2N3O3. The van der Waals surface area contributed by atoms with Gasteiger partial charge in [-0.1, -0.05) is 23.8 Å². The SMILES string of the molecule is Cc1ccc2c(c1)[C@]13CCN(CC(F)F)[C@H](C2)[C@]1(O)CC[C@@]1(C3)NC(=O)NC1=O. The van der Waals surface area contributed by atoms with Crippen molar-refractivity contribution in [3.05, 3.63) is 34.9 Å². The van der Waals surface area contributed by atoms with Crippen LogP contribution >= 0.6 is 0 Å². The second-order valence-electron chi connectivity index (χ2n) is 9.19. The number of piperidine rings is 1. The minimum atomic E-state index is -2.47. The molecule has 3 amide bonds. The number of rotatable bonds is 2. The molecule has 2 aliphatic heterocycles. The Morgan fingerprint density at radius 2 is 2.07 bits per heavy atom. The Morgan fingerprint density at radius 3 is 2.76 bits per heavy atom. The number of carbonyl (C=O) groups excluding carboxylic acids is 2. The summed E-state index contributed by atoms with van der Waals surface area (Å²) in [4.78, 5) is 26.3. The molecule has 2 heterocycles. The number of benzene rings is 1. The highest BCUT2D eigenvalue weighted by Gasteiger charge is 2.69. The van der Waals surface area contributed by atoms with Gasteiger partial charge in [0.1, 0.15) is 5.54 Å². The number of hydrogen-bond acceptors (Lipinski definition) is 4. The predicted octanol–water partition coefficient (Wildman–Crippen LogP) is 1.62. The maximum Gasteiger partial charge on any atom is 0.322 e. The Labute approximate surface area is 167 Å². The van der Waals surface area contributed by atoms with Gasteiger partial charge in [0.15, 0.2) is 0 Å². The van der Waals surface area contributed by atoms with E-state index in [0.29, 0.717) is 25.8 Å². The van der Waals surface area contributed by atoms with Crippen LogP contribution in [-0.4, -0.2) is 58.6 Å². The van der Waals surface area contributed by atoms with Crippen molar-refractivity contribution in [2.24, 2.45) is 0 Å². The zero-order valence-corrected chi connectivity index (χ0v) is 16.3. The maximum absolute atomic E-state index is 13.3.